The molecule has 0 spiro atoms. The van der Waals surface area contributed by atoms with Crippen LogP contribution in [-0.2, 0) is 0 Å². The van der Waals surface area contributed by atoms with Crippen molar-refractivity contribution in [3.05, 3.63) is 23.5 Å². The molecule has 0 aromatic heterocycles. The summed E-state index contributed by atoms with van der Waals surface area (Å²) in [5.74, 6) is 0.641. The van der Waals surface area contributed by atoms with Gasteiger partial charge in [-0.05, 0) is 31.5 Å². The van der Waals surface area contributed by atoms with Crippen LogP contribution in [0.5, 0.6) is 11.5 Å². The molecule has 0 bridgehead atoms. The zero-order chi connectivity index (χ0) is 12.3. The van der Waals surface area contributed by atoms with Crippen LogP contribution >= 0.6 is 0 Å². The van der Waals surface area contributed by atoms with Crippen LogP contribution in [0, 0.1) is 5.82 Å². The lowest BCUT2D eigenvalue weighted by atomic mass is 9.95. The lowest BCUT2D eigenvalue weighted by Gasteiger charge is -2.27. The van der Waals surface area contributed by atoms with E-state index in [-0.39, 0.29) is 11.9 Å². The van der Waals surface area contributed by atoms with E-state index in [1.54, 1.807) is 13.2 Å². The molecule has 1 aromatic carbocycles. The standard InChI is InChI=1S/C13H18FNO2/c1-16-11-7-6-9(14)13(17-2)12(11)10-5-3-4-8-15-10/h6-7,10,15H,3-5,8H2,1-2H3. The Morgan fingerprint density at radius 2 is 2.06 bits per heavy atom. The summed E-state index contributed by atoms with van der Waals surface area (Å²) < 4.78 is 24.2. The van der Waals surface area contributed by atoms with Crippen molar-refractivity contribution in [2.75, 3.05) is 20.8 Å². The van der Waals surface area contributed by atoms with Gasteiger partial charge in [0.05, 0.1) is 19.8 Å². The van der Waals surface area contributed by atoms with Crippen LogP contribution in [0.15, 0.2) is 12.1 Å². The summed E-state index contributed by atoms with van der Waals surface area (Å²) in [7, 11) is 3.09. The van der Waals surface area contributed by atoms with Gasteiger partial charge in [0.15, 0.2) is 11.6 Å². The molecule has 1 atom stereocenters. The Hall–Kier alpha value is -1.29. The van der Waals surface area contributed by atoms with Crippen molar-refractivity contribution in [1.29, 1.82) is 0 Å². The summed E-state index contributed by atoms with van der Waals surface area (Å²) in [5.41, 5.74) is 0.801. The van der Waals surface area contributed by atoms with Gasteiger partial charge in [0, 0.05) is 6.04 Å². The summed E-state index contributed by atoms with van der Waals surface area (Å²) in [4.78, 5) is 0. The first-order chi connectivity index (χ1) is 8.27. The van der Waals surface area contributed by atoms with E-state index in [1.165, 1.54) is 13.2 Å². The first-order valence-corrected chi connectivity index (χ1v) is 5.91. The molecule has 1 aliphatic rings. The highest BCUT2D eigenvalue weighted by atomic mass is 19.1. The minimum atomic E-state index is -0.337. The predicted octanol–water partition coefficient (Wildman–Crippen LogP) is 2.66. The van der Waals surface area contributed by atoms with Gasteiger partial charge in [0.25, 0.3) is 0 Å². The maximum absolute atomic E-state index is 13.7. The third-order valence-electron chi connectivity index (χ3n) is 3.19. The van der Waals surface area contributed by atoms with Gasteiger partial charge in [-0.15, -0.1) is 0 Å². The molecule has 2 rings (SSSR count). The fraction of sp³-hybridized carbons (Fsp3) is 0.538. The van der Waals surface area contributed by atoms with E-state index in [9.17, 15) is 4.39 Å². The molecule has 3 nitrogen and oxygen atoms in total. The maximum atomic E-state index is 13.7. The van der Waals surface area contributed by atoms with Gasteiger partial charge in [0.2, 0.25) is 0 Å². The number of benzene rings is 1. The summed E-state index contributed by atoms with van der Waals surface area (Å²) in [6.07, 6.45) is 3.28. The van der Waals surface area contributed by atoms with Gasteiger partial charge in [-0.2, -0.15) is 0 Å². The molecule has 1 aliphatic heterocycles. The molecule has 17 heavy (non-hydrogen) atoms. The topological polar surface area (TPSA) is 30.5 Å². The van der Waals surface area contributed by atoms with Gasteiger partial charge >= 0.3 is 0 Å². The second-order valence-corrected chi connectivity index (χ2v) is 4.20. The van der Waals surface area contributed by atoms with Crippen LogP contribution in [0.3, 0.4) is 0 Å². The van der Waals surface area contributed by atoms with E-state index >= 15 is 0 Å². The Labute approximate surface area is 101 Å². The molecule has 1 heterocycles. The molecule has 1 aromatic rings. The highest BCUT2D eigenvalue weighted by Crippen LogP contribution is 2.39. The van der Waals surface area contributed by atoms with Crippen molar-refractivity contribution >= 4 is 0 Å². The van der Waals surface area contributed by atoms with Gasteiger partial charge < -0.3 is 14.8 Å². The highest BCUT2D eigenvalue weighted by molar-refractivity contribution is 5.48. The lowest BCUT2D eigenvalue weighted by Crippen LogP contribution is -2.27. The predicted molar refractivity (Wildman–Crippen MR) is 64.1 cm³/mol. The van der Waals surface area contributed by atoms with Crippen molar-refractivity contribution in [2.45, 2.75) is 25.3 Å². The van der Waals surface area contributed by atoms with Crippen molar-refractivity contribution in [3.8, 4) is 11.5 Å². The van der Waals surface area contributed by atoms with E-state index in [0.717, 1.165) is 31.4 Å². The normalized spacial score (nSPS) is 20.1. The quantitative estimate of drug-likeness (QED) is 0.879. The molecule has 94 valence electrons. The van der Waals surface area contributed by atoms with Crippen LogP contribution in [0.2, 0.25) is 0 Å². The Morgan fingerprint density at radius 3 is 2.65 bits per heavy atom. The van der Waals surface area contributed by atoms with Crippen molar-refractivity contribution in [1.82, 2.24) is 5.32 Å². The number of hydrogen-bond acceptors (Lipinski definition) is 3. The average Bonchev–Trinajstić information content (AvgIpc) is 2.39. The zero-order valence-electron chi connectivity index (χ0n) is 10.3. The van der Waals surface area contributed by atoms with Gasteiger partial charge in [-0.25, -0.2) is 4.39 Å². The first kappa shape index (κ1) is 12.2. The highest BCUT2D eigenvalue weighted by Gasteiger charge is 2.24. The van der Waals surface area contributed by atoms with Crippen molar-refractivity contribution in [3.63, 3.8) is 0 Å². The van der Waals surface area contributed by atoms with E-state index in [2.05, 4.69) is 5.32 Å². The van der Waals surface area contributed by atoms with Crippen LogP contribution in [0.4, 0.5) is 4.39 Å². The van der Waals surface area contributed by atoms with Crippen LogP contribution in [0.1, 0.15) is 30.9 Å². The average molecular weight is 239 g/mol. The third-order valence-corrected chi connectivity index (χ3v) is 3.19. The van der Waals surface area contributed by atoms with E-state index < -0.39 is 0 Å². The SMILES string of the molecule is COc1ccc(F)c(OC)c1C1CCCCN1. The molecule has 0 saturated carbocycles. The van der Waals surface area contributed by atoms with Gasteiger partial charge in [0.1, 0.15) is 5.75 Å². The molecule has 1 fully saturated rings. The Balaban J connectivity index is 2.43. The number of hydrogen-bond donors (Lipinski definition) is 1. The fourth-order valence-corrected chi connectivity index (χ4v) is 2.37. The summed E-state index contributed by atoms with van der Waals surface area (Å²) in [6.45, 7) is 0.952. The molecule has 1 N–H and O–H groups in total. The fourth-order valence-electron chi connectivity index (χ4n) is 2.37. The zero-order valence-corrected chi connectivity index (χ0v) is 10.3. The van der Waals surface area contributed by atoms with Crippen molar-refractivity contribution < 1.29 is 13.9 Å². The molecule has 0 aliphatic carbocycles. The number of halogens is 1. The van der Waals surface area contributed by atoms with Gasteiger partial charge in [-0.3, -0.25) is 0 Å². The van der Waals surface area contributed by atoms with Gasteiger partial charge in [-0.1, -0.05) is 6.42 Å². The van der Waals surface area contributed by atoms with E-state index in [4.69, 9.17) is 9.47 Å². The number of nitrogens with one attached hydrogen (secondary N) is 1. The summed E-state index contributed by atoms with van der Waals surface area (Å²) in [6, 6.07) is 3.15. The monoisotopic (exact) mass is 239 g/mol. The molecular weight excluding hydrogens is 221 g/mol. The second kappa shape index (κ2) is 5.36. The number of rotatable bonds is 3. The van der Waals surface area contributed by atoms with Crippen LogP contribution < -0.4 is 14.8 Å². The molecule has 0 radical (unpaired) electrons. The largest absolute Gasteiger partial charge is 0.496 e. The van der Waals surface area contributed by atoms with Crippen LogP contribution in [0.25, 0.3) is 0 Å². The second-order valence-electron chi connectivity index (χ2n) is 4.20. The number of methoxy groups -OCH3 is 2. The van der Waals surface area contributed by atoms with E-state index in [0.29, 0.717) is 11.5 Å². The number of piperidine rings is 1. The lowest BCUT2D eigenvalue weighted by molar-refractivity contribution is 0.335. The van der Waals surface area contributed by atoms with Crippen molar-refractivity contribution in [2.24, 2.45) is 0 Å². The third kappa shape index (κ3) is 2.36. The molecule has 1 saturated heterocycles. The minimum Gasteiger partial charge on any atom is -0.496 e. The Morgan fingerprint density at radius 1 is 1.24 bits per heavy atom. The molecule has 4 heteroatoms. The summed E-state index contributed by atoms with van der Waals surface area (Å²) in [5, 5.41) is 3.39. The minimum absolute atomic E-state index is 0.115. The number of ether oxygens (including phenoxy) is 2. The van der Waals surface area contributed by atoms with E-state index in [1.807, 2.05) is 0 Å². The van der Waals surface area contributed by atoms with Crippen LogP contribution in [-0.4, -0.2) is 20.8 Å². The Bertz CT molecular complexity index is 389. The molecule has 1 unspecified atom stereocenters. The Kier molecular flexibility index (Phi) is 3.84. The smallest absolute Gasteiger partial charge is 0.165 e. The maximum Gasteiger partial charge on any atom is 0.165 e. The first-order valence-electron chi connectivity index (χ1n) is 5.91. The summed E-state index contributed by atoms with van der Waals surface area (Å²) >= 11 is 0. The molecular formula is C13H18FNO2. The molecule has 0 amide bonds.